The van der Waals surface area contributed by atoms with E-state index >= 15 is 0 Å². The summed E-state index contributed by atoms with van der Waals surface area (Å²) >= 11 is 0. The molecule has 40 heavy (non-hydrogen) atoms. The lowest BCUT2D eigenvalue weighted by Gasteiger charge is -2.12. The minimum Gasteiger partial charge on any atom is -0.489 e. The second kappa shape index (κ2) is 11.5. The van der Waals surface area contributed by atoms with Gasteiger partial charge in [0.1, 0.15) is 47.0 Å². The summed E-state index contributed by atoms with van der Waals surface area (Å²) in [4.78, 5) is 0. The van der Waals surface area contributed by atoms with E-state index in [-0.39, 0.29) is 29.7 Å². The Hall–Kier alpha value is -4.21. The summed E-state index contributed by atoms with van der Waals surface area (Å²) in [6.07, 6.45) is -5.40. The molecule has 0 saturated carbocycles. The Kier molecular flexibility index (Phi) is 8.27. The van der Waals surface area contributed by atoms with Gasteiger partial charge in [-0.1, -0.05) is 43.3 Å². The van der Waals surface area contributed by atoms with Crippen LogP contribution in [0.4, 0.5) is 39.5 Å². The molecule has 4 aromatic rings. The molecule has 0 aliphatic heterocycles. The third-order valence-electron chi connectivity index (χ3n) is 6.04. The number of benzene rings is 4. The average molecular weight is 566 g/mol. The molecule has 0 aliphatic carbocycles. The highest BCUT2D eigenvalue weighted by Gasteiger charge is 2.38. The van der Waals surface area contributed by atoms with E-state index in [2.05, 4.69) is 0 Å². The van der Waals surface area contributed by atoms with Crippen LogP contribution in [0.2, 0.25) is 0 Å². The molecule has 0 N–H and O–H groups in total. The van der Waals surface area contributed by atoms with Crippen LogP contribution in [0.1, 0.15) is 30.0 Å². The van der Waals surface area contributed by atoms with E-state index in [0.29, 0.717) is 29.0 Å². The SMILES string of the molecule is CC/C(F)=C(\F)c1ccc(COc2ccc(-c3ccc(-c4cc(F)c(C(F)(F)F)c(F)c4)c(F)c3)cc2)c(F)c1. The van der Waals surface area contributed by atoms with Crippen molar-refractivity contribution < 1.29 is 44.3 Å². The standard InChI is InChI=1S/C30H19F9O/c1-2-23(31)29(36)18-3-4-19(24(32)12-18)15-40-21-8-5-16(6-9-21)17-7-10-22(25(33)11-17)20-13-26(34)28(27(35)14-20)30(37,38)39/h3-14H,2,15H2,1H3/b29-23+. The molecule has 0 atom stereocenters. The highest BCUT2D eigenvalue weighted by atomic mass is 19.4. The summed E-state index contributed by atoms with van der Waals surface area (Å²) in [5.74, 6) is -7.20. The maximum absolute atomic E-state index is 14.8. The van der Waals surface area contributed by atoms with Crippen molar-refractivity contribution in [1.82, 2.24) is 0 Å². The summed E-state index contributed by atoms with van der Waals surface area (Å²) < 4.78 is 128. The van der Waals surface area contributed by atoms with Gasteiger partial charge in [-0.2, -0.15) is 13.2 Å². The molecular weight excluding hydrogens is 547 g/mol. The van der Waals surface area contributed by atoms with Gasteiger partial charge in [-0.15, -0.1) is 0 Å². The number of rotatable bonds is 7. The molecule has 0 heterocycles. The summed E-state index contributed by atoms with van der Waals surface area (Å²) in [7, 11) is 0. The second-order valence-corrected chi connectivity index (χ2v) is 8.70. The zero-order valence-electron chi connectivity index (χ0n) is 20.7. The van der Waals surface area contributed by atoms with E-state index in [9.17, 15) is 39.5 Å². The molecule has 1 nitrogen and oxygen atoms in total. The van der Waals surface area contributed by atoms with Crippen molar-refractivity contribution >= 4 is 5.83 Å². The molecule has 0 aliphatic rings. The first-order chi connectivity index (χ1) is 18.9. The van der Waals surface area contributed by atoms with Crippen LogP contribution in [0.5, 0.6) is 5.75 Å². The molecule has 4 rings (SSSR count). The van der Waals surface area contributed by atoms with Crippen LogP contribution in [-0.2, 0) is 12.8 Å². The predicted molar refractivity (Wildman–Crippen MR) is 132 cm³/mol. The first-order valence-corrected chi connectivity index (χ1v) is 11.8. The number of hydrogen-bond acceptors (Lipinski definition) is 1. The van der Waals surface area contributed by atoms with Gasteiger partial charge in [0.05, 0.1) is 0 Å². The average Bonchev–Trinajstić information content (AvgIpc) is 2.90. The molecule has 0 fully saturated rings. The number of hydrogen-bond donors (Lipinski definition) is 0. The Morgan fingerprint density at radius 3 is 1.82 bits per heavy atom. The molecule has 0 unspecified atom stereocenters. The van der Waals surface area contributed by atoms with E-state index in [0.717, 1.165) is 12.1 Å². The number of allylic oxidation sites excluding steroid dienone is 1. The third-order valence-corrected chi connectivity index (χ3v) is 6.04. The summed E-state index contributed by atoms with van der Waals surface area (Å²) in [5, 5.41) is 0. The lowest BCUT2D eigenvalue weighted by molar-refractivity contribution is -0.142. The van der Waals surface area contributed by atoms with Gasteiger partial charge in [-0.25, -0.2) is 26.3 Å². The Balaban J connectivity index is 1.48. The fraction of sp³-hybridized carbons (Fsp3) is 0.133. The summed E-state index contributed by atoms with van der Waals surface area (Å²) in [5.41, 5.74) is -2.00. The largest absolute Gasteiger partial charge is 0.489 e. The van der Waals surface area contributed by atoms with Crippen LogP contribution in [0.25, 0.3) is 28.1 Å². The topological polar surface area (TPSA) is 9.23 Å². The van der Waals surface area contributed by atoms with Crippen LogP contribution in [-0.4, -0.2) is 0 Å². The summed E-state index contributed by atoms with van der Waals surface area (Å²) in [6, 6.07) is 14.1. The highest BCUT2D eigenvalue weighted by Crippen LogP contribution is 2.37. The van der Waals surface area contributed by atoms with E-state index in [4.69, 9.17) is 4.74 Å². The number of halogens is 9. The Bertz CT molecular complexity index is 1550. The molecular formula is C30H19F9O. The molecule has 0 radical (unpaired) electrons. The molecule has 0 spiro atoms. The molecule has 10 heteroatoms. The van der Waals surface area contributed by atoms with Crippen molar-refractivity contribution in [3.8, 4) is 28.0 Å². The smallest absolute Gasteiger partial charge is 0.422 e. The van der Waals surface area contributed by atoms with Gasteiger partial charge in [-0.3, -0.25) is 0 Å². The zero-order chi connectivity index (χ0) is 29.2. The minimum absolute atomic E-state index is 0.103. The van der Waals surface area contributed by atoms with Crippen molar-refractivity contribution in [2.45, 2.75) is 26.1 Å². The van der Waals surface area contributed by atoms with Crippen molar-refractivity contribution in [3.63, 3.8) is 0 Å². The number of alkyl halides is 3. The Morgan fingerprint density at radius 1 is 0.675 bits per heavy atom. The lowest BCUT2D eigenvalue weighted by Crippen LogP contribution is -2.11. The van der Waals surface area contributed by atoms with Crippen molar-refractivity contribution in [3.05, 3.63) is 119 Å². The minimum atomic E-state index is -5.24. The highest BCUT2D eigenvalue weighted by molar-refractivity contribution is 5.71. The van der Waals surface area contributed by atoms with Crippen LogP contribution in [0, 0.1) is 23.3 Å². The van der Waals surface area contributed by atoms with Gasteiger partial charge in [-0.05, 0) is 59.5 Å². The third kappa shape index (κ3) is 6.16. The van der Waals surface area contributed by atoms with Gasteiger partial charge in [0, 0.05) is 16.7 Å². The lowest BCUT2D eigenvalue weighted by atomic mass is 9.98. The van der Waals surface area contributed by atoms with Crippen molar-refractivity contribution in [2.75, 3.05) is 0 Å². The predicted octanol–water partition coefficient (Wildman–Crippen LogP) is 10.2. The van der Waals surface area contributed by atoms with E-state index in [1.54, 1.807) is 12.1 Å². The van der Waals surface area contributed by atoms with Crippen LogP contribution < -0.4 is 4.74 Å². The monoisotopic (exact) mass is 566 g/mol. The van der Waals surface area contributed by atoms with Gasteiger partial charge < -0.3 is 4.74 Å². The molecule has 0 aromatic heterocycles. The number of ether oxygens (including phenoxy) is 1. The Labute approximate surface area is 223 Å². The second-order valence-electron chi connectivity index (χ2n) is 8.70. The molecule has 0 saturated heterocycles. The normalized spacial score (nSPS) is 12.3. The van der Waals surface area contributed by atoms with Gasteiger partial charge in [0.2, 0.25) is 0 Å². The first kappa shape index (κ1) is 28.8. The Morgan fingerprint density at radius 2 is 1.27 bits per heavy atom. The van der Waals surface area contributed by atoms with Crippen LogP contribution in [0.3, 0.4) is 0 Å². The molecule has 0 bridgehead atoms. The van der Waals surface area contributed by atoms with E-state index in [1.165, 1.54) is 43.3 Å². The maximum atomic E-state index is 14.8. The zero-order valence-corrected chi connectivity index (χ0v) is 20.7. The van der Waals surface area contributed by atoms with E-state index in [1.807, 2.05) is 0 Å². The van der Waals surface area contributed by atoms with Gasteiger partial charge in [0.15, 0.2) is 5.83 Å². The molecule has 208 valence electrons. The van der Waals surface area contributed by atoms with Crippen LogP contribution >= 0.6 is 0 Å². The molecule has 4 aromatic carbocycles. The van der Waals surface area contributed by atoms with E-state index < -0.39 is 52.2 Å². The van der Waals surface area contributed by atoms with Gasteiger partial charge in [0.25, 0.3) is 0 Å². The van der Waals surface area contributed by atoms with Crippen molar-refractivity contribution in [2.24, 2.45) is 0 Å². The van der Waals surface area contributed by atoms with Crippen LogP contribution in [0.15, 0.2) is 78.6 Å². The maximum Gasteiger partial charge on any atom is 0.422 e. The quantitative estimate of drug-likeness (QED) is 0.202. The summed E-state index contributed by atoms with van der Waals surface area (Å²) in [6.45, 7) is 1.22. The fourth-order valence-electron chi connectivity index (χ4n) is 3.95. The fourth-order valence-corrected chi connectivity index (χ4v) is 3.95. The van der Waals surface area contributed by atoms with Crippen molar-refractivity contribution in [1.29, 1.82) is 0 Å². The van der Waals surface area contributed by atoms with Gasteiger partial charge >= 0.3 is 6.18 Å². The molecule has 0 amide bonds. The first-order valence-electron chi connectivity index (χ1n) is 11.8.